The van der Waals surface area contributed by atoms with E-state index < -0.39 is 118 Å². The van der Waals surface area contributed by atoms with Gasteiger partial charge in [-0.25, -0.2) is 52.7 Å². The second-order valence-electron chi connectivity index (χ2n) is 17.9. The van der Waals surface area contributed by atoms with Crippen LogP contribution in [0.2, 0.25) is 0 Å². The topological polar surface area (TPSA) is 9.72 Å². The fraction of sp³-hybridized carbons (Fsp3) is 0.234. The summed E-state index contributed by atoms with van der Waals surface area (Å²) in [5.74, 6) is -21.9. The fourth-order valence-corrected chi connectivity index (χ4v) is 13.5. The molecule has 0 aromatic heterocycles. The van der Waals surface area contributed by atoms with Crippen molar-refractivity contribution in [2.45, 2.75) is 48.1 Å². The second-order valence-corrected chi connectivity index (χ2v) is 17.9. The number of rotatable bonds is 0. The minimum absolute atomic E-state index is 0.315. The van der Waals surface area contributed by atoms with E-state index in [2.05, 4.69) is 0 Å². The van der Waals surface area contributed by atoms with Gasteiger partial charge in [0.2, 0.25) is 0 Å². The van der Waals surface area contributed by atoms with Gasteiger partial charge < -0.3 is 0 Å². The molecular formula is C47H23F12N3. The van der Waals surface area contributed by atoms with E-state index in [1.165, 1.54) is 0 Å². The highest BCUT2D eigenvalue weighted by Crippen LogP contribution is 2.67. The lowest BCUT2D eigenvalue weighted by molar-refractivity contribution is 0.291. The zero-order valence-corrected chi connectivity index (χ0v) is 32.0. The molecule has 0 saturated heterocycles. The van der Waals surface area contributed by atoms with Gasteiger partial charge in [0.05, 0.1) is 36.3 Å². The van der Waals surface area contributed by atoms with E-state index in [1.54, 1.807) is 35.8 Å². The van der Waals surface area contributed by atoms with Crippen LogP contribution in [-0.2, 0) is 0 Å². The van der Waals surface area contributed by atoms with Crippen LogP contribution in [0.5, 0.6) is 0 Å². The third-order valence-electron chi connectivity index (χ3n) is 15.6. The maximum absolute atomic E-state index is 15.6. The molecule has 62 heavy (non-hydrogen) atoms. The van der Waals surface area contributed by atoms with Crippen LogP contribution in [0, 0.1) is 69.8 Å². The highest BCUT2D eigenvalue weighted by Gasteiger charge is 2.57. The largest absolute Gasteiger partial charge is 0.284 e. The number of nitrogens with zero attached hydrogens (tertiary/aromatic N) is 3. The molecule has 6 aromatic rings. The molecule has 15 rings (SSSR count). The van der Waals surface area contributed by atoms with Gasteiger partial charge in [0.1, 0.15) is 0 Å². The summed E-state index contributed by atoms with van der Waals surface area (Å²) in [4.78, 5) is 4.90. The summed E-state index contributed by atoms with van der Waals surface area (Å²) in [7, 11) is 4.79. The standard InChI is InChI=1S/C47H23F12N3/c1-60-42-16-4-10-11(5-17(16)43(60)25-24(42)30(48)36(54)37(55)31(25)49)23-13-7-19-18(44-26-27(45(19)61(44)2)33(51)39(57)38(56)32(26)50)6-12(13)22(10)14-8-20-21(9-15(14)23)47-29-28(46(20)62(47)3)34(52)40(58)41(59)35(29)53/h4-9,22-23,42-47H,1-3H3. The van der Waals surface area contributed by atoms with Gasteiger partial charge >= 0.3 is 0 Å². The summed E-state index contributed by atoms with van der Waals surface area (Å²) in [5.41, 5.74) is 5.45. The lowest BCUT2D eigenvalue weighted by Gasteiger charge is -2.44. The molecule has 0 saturated carbocycles. The molecule has 6 atom stereocenters. The summed E-state index contributed by atoms with van der Waals surface area (Å²) in [5, 5.41) is 0. The van der Waals surface area contributed by atoms with E-state index in [1.807, 2.05) is 36.4 Å². The normalized spacial score (nSPS) is 26.8. The van der Waals surface area contributed by atoms with Crippen molar-refractivity contribution in [3.63, 3.8) is 0 Å². The molecule has 6 aromatic carbocycles. The lowest BCUT2D eigenvalue weighted by atomic mass is 9.58. The summed E-state index contributed by atoms with van der Waals surface area (Å²) in [6.45, 7) is 0. The van der Waals surface area contributed by atoms with E-state index >= 15 is 26.3 Å². The number of benzene rings is 6. The van der Waals surface area contributed by atoms with Crippen molar-refractivity contribution >= 4 is 0 Å². The van der Waals surface area contributed by atoms with Crippen LogP contribution in [-0.4, -0.2) is 35.8 Å². The summed E-state index contributed by atoms with van der Waals surface area (Å²) in [6.07, 6.45) is 0. The van der Waals surface area contributed by atoms with Crippen LogP contribution in [0.25, 0.3) is 0 Å². The predicted molar refractivity (Wildman–Crippen MR) is 194 cm³/mol. The Bertz CT molecular complexity index is 2760. The molecule has 3 aliphatic carbocycles. The van der Waals surface area contributed by atoms with E-state index in [0.29, 0.717) is 66.8 Å². The van der Waals surface area contributed by atoms with Gasteiger partial charge in [-0.15, -0.1) is 0 Å². The van der Waals surface area contributed by atoms with Crippen molar-refractivity contribution in [1.82, 2.24) is 14.7 Å². The van der Waals surface area contributed by atoms with E-state index in [4.69, 9.17) is 0 Å². The third-order valence-corrected chi connectivity index (χ3v) is 15.6. The van der Waals surface area contributed by atoms with Crippen LogP contribution in [0.15, 0.2) is 36.4 Å². The average molecular weight is 858 g/mol. The van der Waals surface area contributed by atoms with Crippen LogP contribution in [0.4, 0.5) is 52.7 Å². The van der Waals surface area contributed by atoms with Gasteiger partial charge in [-0.3, -0.25) is 14.7 Å². The average Bonchev–Trinajstić information content (AvgIpc) is 4.05. The van der Waals surface area contributed by atoms with Crippen molar-refractivity contribution in [1.29, 1.82) is 0 Å². The SMILES string of the molecule is CN1C2c3cc4c(cc3C1c1c(F)c(F)c(F)c(F)c12)C1c2cc3c(cc2C4c2cc4c(cc21)C1c2c(F)c(F)c(F)c(F)c2C4N1C)C1c2c(F)c(F)c(F)c(F)c2C3N1C. The smallest absolute Gasteiger partial charge is 0.197 e. The van der Waals surface area contributed by atoms with Crippen molar-refractivity contribution in [3.05, 3.63) is 206 Å². The molecule has 310 valence electrons. The molecular weight excluding hydrogens is 835 g/mol. The zero-order chi connectivity index (χ0) is 42.9. The lowest BCUT2D eigenvalue weighted by Crippen LogP contribution is -2.30. The Kier molecular flexibility index (Phi) is 6.23. The second kappa shape index (κ2) is 10.7. The first-order chi connectivity index (χ1) is 29.6. The molecule has 6 aliphatic heterocycles. The maximum atomic E-state index is 15.6. The van der Waals surface area contributed by atoms with Gasteiger partial charge in [0.25, 0.3) is 0 Å². The van der Waals surface area contributed by atoms with Crippen molar-refractivity contribution in [2.24, 2.45) is 0 Å². The summed E-state index contributed by atoms with van der Waals surface area (Å²) >= 11 is 0. The predicted octanol–water partition coefficient (Wildman–Crippen LogP) is 10.7. The first-order valence-electron chi connectivity index (χ1n) is 19.8. The highest BCUT2D eigenvalue weighted by atomic mass is 19.2. The number of halogens is 12. The van der Waals surface area contributed by atoms with Crippen LogP contribution in [0.1, 0.15) is 148 Å². The number of fused-ring (bicyclic) bond motifs is 24. The van der Waals surface area contributed by atoms with Gasteiger partial charge in [-0.1, -0.05) is 36.4 Å². The first kappa shape index (κ1) is 35.9. The molecule has 8 bridgehead atoms. The molecule has 0 N–H and O–H groups in total. The van der Waals surface area contributed by atoms with Crippen molar-refractivity contribution in [3.8, 4) is 0 Å². The highest BCUT2D eigenvalue weighted by molar-refractivity contribution is 5.76. The van der Waals surface area contributed by atoms with Crippen LogP contribution < -0.4 is 0 Å². The molecule has 0 spiro atoms. The molecule has 6 heterocycles. The molecule has 0 fully saturated rings. The zero-order valence-electron chi connectivity index (χ0n) is 32.0. The molecule has 0 amide bonds. The Morgan fingerprint density at radius 3 is 0.532 bits per heavy atom. The number of hydrogen-bond acceptors (Lipinski definition) is 3. The Balaban J connectivity index is 1.02. The van der Waals surface area contributed by atoms with Crippen molar-refractivity contribution in [2.75, 3.05) is 21.1 Å². The first-order valence-corrected chi connectivity index (χ1v) is 19.8. The minimum atomic E-state index is -1.93. The monoisotopic (exact) mass is 857 g/mol. The third kappa shape index (κ3) is 3.50. The molecule has 0 radical (unpaired) electrons. The van der Waals surface area contributed by atoms with Gasteiger partial charge in [0.15, 0.2) is 69.8 Å². The van der Waals surface area contributed by atoms with E-state index in [9.17, 15) is 26.3 Å². The quantitative estimate of drug-likeness (QED) is 0.0855. The Labute approximate surface area is 342 Å². The fourth-order valence-electron chi connectivity index (χ4n) is 13.5. The maximum Gasteiger partial charge on any atom is 0.197 e. The Morgan fingerprint density at radius 1 is 0.242 bits per heavy atom. The molecule has 3 nitrogen and oxygen atoms in total. The van der Waals surface area contributed by atoms with Crippen LogP contribution in [0.3, 0.4) is 0 Å². The Hall–Kier alpha value is -5.64. The van der Waals surface area contributed by atoms with Crippen LogP contribution >= 0.6 is 0 Å². The van der Waals surface area contributed by atoms with Gasteiger partial charge in [-0.05, 0) is 87.9 Å². The molecule has 9 aliphatic rings. The summed E-state index contributed by atoms with van der Waals surface area (Å²) < 4.78 is 182. The molecule has 15 heteroatoms. The minimum Gasteiger partial charge on any atom is -0.284 e. The van der Waals surface area contributed by atoms with Gasteiger partial charge in [-0.2, -0.15) is 0 Å². The van der Waals surface area contributed by atoms with E-state index in [0.717, 1.165) is 0 Å². The van der Waals surface area contributed by atoms with Gasteiger partial charge in [0, 0.05) is 45.2 Å². The van der Waals surface area contributed by atoms with Crippen molar-refractivity contribution < 1.29 is 52.7 Å². The molecule has 6 unspecified atom stereocenters. The number of hydrogen-bond donors (Lipinski definition) is 0. The summed E-state index contributed by atoms with van der Waals surface area (Å²) in [6, 6.07) is 5.01. The van der Waals surface area contributed by atoms with E-state index in [-0.39, 0.29) is 33.4 Å². The Morgan fingerprint density at radius 2 is 0.387 bits per heavy atom.